The summed E-state index contributed by atoms with van der Waals surface area (Å²) in [5.74, 6) is 0.639. The number of nitrogens with one attached hydrogen (secondary N) is 2. The molecule has 4 rings (SSSR count). The lowest BCUT2D eigenvalue weighted by molar-refractivity contribution is -0.167. The number of aliphatic hydroxyl groups is 1. The summed E-state index contributed by atoms with van der Waals surface area (Å²) in [6, 6.07) is 10.4. The number of rotatable bonds is 6. The van der Waals surface area contributed by atoms with Crippen molar-refractivity contribution in [3.63, 3.8) is 0 Å². The number of aromatic nitrogens is 1. The highest BCUT2D eigenvalue weighted by Crippen LogP contribution is 2.34. The molecule has 2 atom stereocenters. The number of halogens is 1. The number of amides is 2. The van der Waals surface area contributed by atoms with Crippen molar-refractivity contribution in [2.24, 2.45) is 0 Å². The van der Waals surface area contributed by atoms with E-state index >= 15 is 0 Å². The largest absolute Gasteiger partial charge is 0.495 e. The van der Waals surface area contributed by atoms with Gasteiger partial charge in [0.05, 0.1) is 38.7 Å². The van der Waals surface area contributed by atoms with Gasteiger partial charge in [-0.25, -0.2) is 4.79 Å². The van der Waals surface area contributed by atoms with E-state index in [1.54, 1.807) is 37.6 Å². The number of methoxy groups -OCH3 is 1. The van der Waals surface area contributed by atoms with E-state index in [1.807, 2.05) is 12.1 Å². The number of hydrogen-bond donors (Lipinski definition) is 3. The van der Waals surface area contributed by atoms with E-state index in [-0.39, 0.29) is 30.1 Å². The normalized spacial score (nSPS) is 22.9. The van der Waals surface area contributed by atoms with E-state index in [2.05, 4.69) is 20.5 Å². The smallest absolute Gasteiger partial charge is 0.319 e. The van der Waals surface area contributed by atoms with Crippen LogP contribution in [0.3, 0.4) is 0 Å². The first kappa shape index (κ1) is 21.8. The molecule has 31 heavy (non-hydrogen) atoms. The number of anilines is 1. The van der Waals surface area contributed by atoms with Crippen LogP contribution in [-0.4, -0.2) is 72.6 Å². The third kappa shape index (κ3) is 4.77. The molecular weight excluding hydrogens is 420 g/mol. The molecule has 2 saturated heterocycles. The Hall–Kier alpha value is -2.39. The quantitative estimate of drug-likeness (QED) is 0.631. The molecule has 0 aliphatic carbocycles. The molecule has 166 valence electrons. The number of aliphatic hydroxyl groups excluding tert-OH is 1. The molecular formula is C22H27ClN4O4. The number of urea groups is 1. The van der Waals surface area contributed by atoms with Crippen molar-refractivity contribution in [1.29, 1.82) is 0 Å². The molecule has 2 fully saturated rings. The second kappa shape index (κ2) is 9.40. The van der Waals surface area contributed by atoms with Gasteiger partial charge in [-0.05, 0) is 42.8 Å². The Kier molecular flexibility index (Phi) is 6.62. The van der Waals surface area contributed by atoms with Gasteiger partial charge in [0.15, 0.2) is 0 Å². The molecule has 1 aromatic heterocycles. The molecule has 8 nitrogen and oxygen atoms in total. The van der Waals surface area contributed by atoms with Gasteiger partial charge in [0.2, 0.25) is 0 Å². The lowest BCUT2D eigenvalue weighted by Gasteiger charge is -2.52. The average molecular weight is 447 g/mol. The van der Waals surface area contributed by atoms with Crippen LogP contribution in [0.15, 0.2) is 42.6 Å². The van der Waals surface area contributed by atoms with Crippen molar-refractivity contribution in [2.45, 2.75) is 23.9 Å². The molecule has 0 radical (unpaired) electrons. The number of carbonyl (C=O) groups excluding carboxylic acids is 1. The van der Waals surface area contributed by atoms with Crippen molar-refractivity contribution in [2.75, 3.05) is 45.3 Å². The summed E-state index contributed by atoms with van der Waals surface area (Å²) >= 11 is 5.92. The van der Waals surface area contributed by atoms with Crippen molar-refractivity contribution in [1.82, 2.24) is 15.2 Å². The molecule has 0 bridgehead atoms. The fraction of sp³-hybridized carbons (Fsp3) is 0.455. The number of carbonyl (C=O) groups is 1. The van der Waals surface area contributed by atoms with Crippen LogP contribution in [0, 0.1) is 0 Å². The van der Waals surface area contributed by atoms with Crippen LogP contribution >= 0.6 is 11.6 Å². The molecule has 0 saturated carbocycles. The average Bonchev–Trinajstić information content (AvgIpc) is 2.76. The van der Waals surface area contributed by atoms with Gasteiger partial charge < -0.3 is 25.2 Å². The fourth-order valence-corrected chi connectivity index (χ4v) is 4.29. The van der Waals surface area contributed by atoms with Crippen molar-refractivity contribution < 1.29 is 19.4 Å². The maximum Gasteiger partial charge on any atom is 0.319 e. The predicted molar refractivity (Wildman–Crippen MR) is 118 cm³/mol. The molecule has 2 aliphatic heterocycles. The van der Waals surface area contributed by atoms with Gasteiger partial charge in [-0.2, -0.15) is 0 Å². The summed E-state index contributed by atoms with van der Waals surface area (Å²) in [4.78, 5) is 19.5. The minimum atomic E-state index is -0.346. The Bertz CT molecular complexity index is 884. The Morgan fingerprint density at radius 3 is 2.68 bits per heavy atom. The molecule has 3 heterocycles. The van der Waals surface area contributed by atoms with Gasteiger partial charge in [0, 0.05) is 41.5 Å². The van der Waals surface area contributed by atoms with Crippen LogP contribution in [0.2, 0.25) is 5.02 Å². The summed E-state index contributed by atoms with van der Waals surface area (Å²) in [7, 11) is 1.60. The van der Waals surface area contributed by atoms with E-state index in [0.29, 0.717) is 36.2 Å². The van der Waals surface area contributed by atoms with Crippen molar-refractivity contribution in [3.05, 3.63) is 53.3 Å². The van der Waals surface area contributed by atoms with Gasteiger partial charge in [0.1, 0.15) is 5.75 Å². The molecule has 2 amide bonds. The minimum Gasteiger partial charge on any atom is -0.495 e. The Morgan fingerprint density at radius 2 is 2.10 bits per heavy atom. The number of ether oxygens (including phenoxy) is 2. The molecule has 2 aliphatic rings. The molecule has 2 aromatic rings. The van der Waals surface area contributed by atoms with Crippen LogP contribution in [0.1, 0.15) is 18.0 Å². The monoisotopic (exact) mass is 446 g/mol. The summed E-state index contributed by atoms with van der Waals surface area (Å²) in [6.07, 6.45) is 2.42. The second-order valence-electron chi connectivity index (χ2n) is 8.05. The van der Waals surface area contributed by atoms with Gasteiger partial charge in [-0.15, -0.1) is 0 Å². The first-order chi connectivity index (χ1) is 15.0. The first-order valence-corrected chi connectivity index (χ1v) is 10.7. The maximum atomic E-state index is 12.7. The lowest BCUT2D eigenvalue weighted by Crippen LogP contribution is -2.68. The van der Waals surface area contributed by atoms with Crippen LogP contribution in [0.4, 0.5) is 10.5 Å². The van der Waals surface area contributed by atoms with E-state index in [1.165, 1.54) is 0 Å². The zero-order valence-corrected chi connectivity index (χ0v) is 18.1. The van der Waals surface area contributed by atoms with Gasteiger partial charge in [0.25, 0.3) is 0 Å². The van der Waals surface area contributed by atoms with E-state index in [9.17, 15) is 9.90 Å². The Labute approximate surface area is 186 Å². The zero-order valence-electron chi connectivity index (χ0n) is 17.4. The highest BCUT2D eigenvalue weighted by atomic mass is 35.5. The summed E-state index contributed by atoms with van der Waals surface area (Å²) in [6.45, 7) is 2.49. The summed E-state index contributed by atoms with van der Waals surface area (Å²) in [5, 5.41) is 16.5. The number of pyridine rings is 1. The molecule has 9 heteroatoms. The lowest BCUT2D eigenvalue weighted by atomic mass is 9.84. The van der Waals surface area contributed by atoms with Crippen molar-refractivity contribution >= 4 is 23.3 Å². The minimum absolute atomic E-state index is 0.0420. The predicted octanol–water partition coefficient (Wildman–Crippen LogP) is 2.48. The Morgan fingerprint density at radius 1 is 1.32 bits per heavy atom. The maximum absolute atomic E-state index is 12.7. The van der Waals surface area contributed by atoms with E-state index < -0.39 is 0 Å². The number of piperidine rings is 1. The molecule has 0 spiro atoms. The standard InChI is InChI=1S/C22H27ClN4O4/c1-30-17-6-7-19(24-10-17)18-11-27(22(12-28)13-31-14-22)9-8-20(18)26-21(29)25-16-4-2-15(23)3-5-16/h2-7,10,18,20,28H,8-9,11-14H2,1H3,(H2,25,26,29)/t18-,20+/m0/s1. The van der Waals surface area contributed by atoms with Crippen LogP contribution < -0.4 is 15.4 Å². The van der Waals surface area contributed by atoms with E-state index in [0.717, 1.165) is 18.7 Å². The van der Waals surface area contributed by atoms with Crippen molar-refractivity contribution in [3.8, 4) is 5.75 Å². The topological polar surface area (TPSA) is 96.0 Å². The summed E-state index contributed by atoms with van der Waals surface area (Å²) < 4.78 is 10.6. The fourth-order valence-electron chi connectivity index (χ4n) is 4.17. The highest BCUT2D eigenvalue weighted by molar-refractivity contribution is 6.30. The molecule has 0 unspecified atom stereocenters. The first-order valence-electron chi connectivity index (χ1n) is 10.3. The SMILES string of the molecule is COc1ccc([C@@H]2CN(C3(CO)COC3)CC[C@H]2NC(=O)Nc2ccc(Cl)cc2)nc1. The number of hydrogen-bond acceptors (Lipinski definition) is 6. The van der Waals surface area contributed by atoms with Crippen LogP contribution in [0.5, 0.6) is 5.75 Å². The van der Waals surface area contributed by atoms with Gasteiger partial charge >= 0.3 is 6.03 Å². The second-order valence-corrected chi connectivity index (χ2v) is 8.49. The number of nitrogens with zero attached hydrogens (tertiary/aromatic N) is 2. The van der Waals surface area contributed by atoms with E-state index in [4.69, 9.17) is 21.1 Å². The van der Waals surface area contributed by atoms with Crippen LogP contribution in [0.25, 0.3) is 0 Å². The number of benzene rings is 1. The number of likely N-dealkylation sites (tertiary alicyclic amines) is 1. The van der Waals surface area contributed by atoms with Gasteiger partial charge in [-0.1, -0.05) is 11.6 Å². The summed E-state index contributed by atoms with van der Waals surface area (Å²) in [5.41, 5.74) is 1.20. The van der Waals surface area contributed by atoms with Gasteiger partial charge in [-0.3, -0.25) is 9.88 Å². The third-order valence-corrected chi connectivity index (χ3v) is 6.36. The highest BCUT2D eigenvalue weighted by Gasteiger charge is 2.47. The Balaban J connectivity index is 1.50. The molecule has 1 aromatic carbocycles. The van der Waals surface area contributed by atoms with Crippen LogP contribution in [-0.2, 0) is 4.74 Å². The third-order valence-electron chi connectivity index (χ3n) is 6.11. The molecule has 3 N–H and O–H groups in total. The zero-order chi connectivity index (χ0) is 21.8.